The number of nitrogens with one attached hydrogen (secondary N) is 1. The molecule has 19 heavy (non-hydrogen) atoms. The van der Waals surface area contributed by atoms with Gasteiger partial charge in [-0.3, -0.25) is 0 Å². The molecule has 1 heterocycles. The molecule has 0 aliphatic heterocycles. The lowest BCUT2D eigenvalue weighted by Gasteiger charge is -2.58. The average Bonchev–Trinajstić information content (AvgIpc) is 2.96. The van der Waals surface area contributed by atoms with E-state index in [4.69, 9.17) is 4.74 Å². The number of nitrogens with zero attached hydrogens (tertiary/aromatic N) is 1. The van der Waals surface area contributed by atoms with E-state index in [1.807, 2.05) is 5.51 Å². The number of ether oxygens (including phenoxy) is 1. The van der Waals surface area contributed by atoms with Gasteiger partial charge < -0.3 is 10.1 Å². The van der Waals surface area contributed by atoms with Gasteiger partial charge in [0.2, 0.25) is 0 Å². The highest BCUT2D eigenvalue weighted by molar-refractivity contribution is 7.07. The summed E-state index contributed by atoms with van der Waals surface area (Å²) in [7, 11) is 0. The normalized spacial score (nSPS) is 29.3. The lowest BCUT2D eigenvalue weighted by atomic mass is 9.55. The van der Waals surface area contributed by atoms with Crippen molar-refractivity contribution in [2.75, 3.05) is 6.61 Å². The first-order chi connectivity index (χ1) is 9.35. The SMILES string of the molecule is CCOC1CC(NCc2cscn2)C12CCCCC2. The Morgan fingerprint density at radius 1 is 1.42 bits per heavy atom. The van der Waals surface area contributed by atoms with Crippen molar-refractivity contribution in [2.45, 2.75) is 64.1 Å². The van der Waals surface area contributed by atoms with Crippen LogP contribution in [0.25, 0.3) is 0 Å². The quantitative estimate of drug-likeness (QED) is 0.898. The first kappa shape index (κ1) is 13.5. The molecular weight excluding hydrogens is 256 g/mol. The maximum atomic E-state index is 5.98. The molecule has 106 valence electrons. The Morgan fingerprint density at radius 2 is 2.26 bits per heavy atom. The third-order valence-electron chi connectivity index (χ3n) is 4.95. The maximum Gasteiger partial charge on any atom is 0.0795 e. The number of aromatic nitrogens is 1. The molecule has 1 aromatic heterocycles. The third kappa shape index (κ3) is 2.58. The zero-order chi connectivity index (χ0) is 13.1. The number of hydrogen-bond donors (Lipinski definition) is 1. The molecule has 0 radical (unpaired) electrons. The minimum Gasteiger partial charge on any atom is -0.378 e. The Kier molecular flexibility index (Phi) is 4.20. The van der Waals surface area contributed by atoms with E-state index in [-0.39, 0.29) is 0 Å². The summed E-state index contributed by atoms with van der Waals surface area (Å²) in [6.07, 6.45) is 8.50. The molecule has 2 saturated carbocycles. The number of rotatable bonds is 5. The van der Waals surface area contributed by atoms with E-state index < -0.39 is 0 Å². The fourth-order valence-electron chi connectivity index (χ4n) is 3.90. The standard InChI is InChI=1S/C15H24N2OS/c1-2-18-14-8-13(15(14)6-4-3-5-7-15)16-9-12-10-19-11-17-12/h10-11,13-14,16H,2-9H2,1H3. The molecular formula is C15H24N2OS. The predicted octanol–water partition coefficient (Wildman–Crippen LogP) is 3.36. The summed E-state index contributed by atoms with van der Waals surface area (Å²) in [5.74, 6) is 0. The van der Waals surface area contributed by atoms with Gasteiger partial charge in [-0.2, -0.15) is 0 Å². The highest BCUT2D eigenvalue weighted by Crippen LogP contribution is 2.53. The molecule has 3 nitrogen and oxygen atoms in total. The van der Waals surface area contributed by atoms with E-state index in [0.29, 0.717) is 17.6 Å². The van der Waals surface area contributed by atoms with Gasteiger partial charge in [0.05, 0.1) is 17.3 Å². The lowest BCUT2D eigenvalue weighted by Crippen LogP contribution is -2.64. The largest absolute Gasteiger partial charge is 0.378 e. The summed E-state index contributed by atoms with van der Waals surface area (Å²) >= 11 is 1.68. The highest BCUT2D eigenvalue weighted by atomic mass is 32.1. The first-order valence-corrected chi connectivity index (χ1v) is 8.51. The summed E-state index contributed by atoms with van der Waals surface area (Å²) in [6, 6.07) is 0.631. The van der Waals surface area contributed by atoms with Gasteiger partial charge in [-0.25, -0.2) is 4.98 Å². The molecule has 1 N–H and O–H groups in total. The minimum atomic E-state index is 0.421. The van der Waals surface area contributed by atoms with Crippen LogP contribution < -0.4 is 5.32 Å². The second-order valence-electron chi connectivity index (χ2n) is 5.89. The molecule has 0 bridgehead atoms. The summed E-state index contributed by atoms with van der Waals surface area (Å²) in [5.41, 5.74) is 3.51. The van der Waals surface area contributed by atoms with Crippen molar-refractivity contribution in [2.24, 2.45) is 5.41 Å². The number of hydrogen-bond acceptors (Lipinski definition) is 4. The summed E-state index contributed by atoms with van der Waals surface area (Å²) in [4.78, 5) is 4.36. The van der Waals surface area contributed by atoms with Crippen LogP contribution in [0.1, 0.15) is 51.1 Å². The van der Waals surface area contributed by atoms with E-state index in [0.717, 1.165) is 13.2 Å². The van der Waals surface area contributed by atoms with Crippen LogP contribution in [-0.4, -0.2) is 23.7 Å². The van der Waals surface area contributed by atoms with Crippen LogP contribution in [0.2, 0.25) is 0 Å². The molecule has 2 unspecified atom stereocenters. The molecule has 4 heteroatoms. The summed E-state index contributed by atoms with van der Waals surface area (Å²) in [5, 5.41) is 5.87. The van der Waals surface area contributed by atoms with Crippen molar-refractivity contribution in [3.05, 3.63) is 16.6 Å². The second-order valence-corrected chi connectivity index (χ2v) is 6.61. The van der Waals surface area contributed by atoms with E-state index >= 15 is 0 Å². The van der Waals surface area contributed by atoms with E-state index in [9.17, 15) is 0 Å². The van der Waals surface area contributed by atoms with E-state index in [1.54, 1.807) is 11.3 Å². The van der Waals surface area contributed by atoms with Crippen LogP contribution >= 0.6 is 11.3 Å². The predicted molar refractivity (Wildman–Crippen MR) is 78.3 cm³/mol. The van der Waals surface area contributed by atoms with Gasteiger partial charge in [0.15, 0.2) is 0 Å². The Bertz CT molecular complexity index is 387. The first-order valence-electron chi connectivity index (χ1n) is 7.57. The van der Waals surface area contributed by atoms with Crippen LogP contribution in [0.5, 0.6) is 0 Å². The van der Waals surface area contributed by atoms with Crippen LogP contribution in [0, 0.1) is 5.41 Å². The smallest absolute Gasteiger partial charge is 0.0795 e. The van der Waals surface area contributed by atoms with Gasteiger partial charge in [0.1, 0.15) is 0 Å². The van der Waals surface area contributed by atoms with Crippen molar-refractivity contribution in [1.82, 2.24) is 10.3 Å². The highest BCUT2D eigenvalue weighted by Gasteiger charge is 2.55. The van der Waals surface area contributed by atoms with Crippen LogP contribution in [0.3, 0.4) is 0 Å². The van der Waals surface area contributed by atoms with Crippen LogP contribution in [0.15, 0.2) is 10.9 Å². The molecule has 2 fully saturated rings. The molecule has 2 aliphatic rings. The Labute approximate surface area is 119 Å². The van der Waals surface area contributed by atoms with Crippen LogP contribution in [-0.2, 0) is 11.3 Å². The monoisotopic (exact) mass is 280 g/mol. The Balaban J connectivity index is 1.61. The fourth-order valence-corrected chi connectivity index (χ4v) is 4.46. The zero-order valence-corrected chi connectivity index (χ0v) is 12.5. The van der Waals surface area contributed by atoms with Crippen molar-refractivity contribution in [1.29, 1.82) is 0 Å². The molecule has 0 aromatic carbocycles. The topological polar surface area (TPSA) is 34.1 Å². The minimum absolute atomic E-state index is 0.421. The third-order valence-corrected chi connectivity index (χ3v) is 5.59. The van der Waals surface area contributed by atoms with Crippen molar-refractivity contribution in [3.8, 4) is 0 Å². The molecule has 2 aliphatic carbocycles. The maximum absolute atomic E-state index is 5.98. The number of thiazole rings is 1. The molecule has 3 rings (SSSR count). The zero-order valence-electron chi connectivity index (χ0n) is 11.7. The Morgan fingerprint density at radius 3 is 2.95 bits per heavy atom. The van der Waals surface area contributed by atoms with Gasteiger partial charge in [-0.05, 0) is 26.2 Å². The van der Waals surface area contributed by atoms with Gasteiger partial charge in [-0.15, -0.1) is 11.3 Å². The molecule has 1 spiro atoms. The van der Waals surface area contributed by atoms with Crippen LogP contribution in [0.4, 0.5) is 0 Å². The average molecular weight is 280 g/mol. The van der Waals surface area contributed by atoms with Crippen molar-refractivity contribution in [3.63, 3.8) is 0 Å². The van der Waals surface area contributed by atoms with Gasteiger partial charge in [0, 0.05) is 30.0 Å². The van der Waals surface area contributed by atoms with E-state index in [1.165, 1.54) is 44.2 Å². The second kappa shape index (κ2) is 5.90. The summed E-state index contributed by atoms with van der Waals surface area (Å²) < 4.78 is 5.98. The Hall–Kier alpha value is -0.450. The lowest BCUT2D eigenvalue weighted by molar-refractivity contribution is -0.150. The molecule has 2 atom stereocenters. The van der Waals surface area contributed by atoms with Gasteiger partial charge in [0.25, 0.3) is 0 Å². The summed E-state index contributed by atoms with van der Waals surface area (Å²) in [6.45, 7) is 3.88. The molecule has 1 aromatic rings. The van der Waals surface area contributed by atoms with E-state index in [2.05, 4.69) is 22.6 Å². The fraction of sp³-hybridized carbons (Fsp3) is 0.800. The molecule has 0 saturated heterocycles. The van der Waals surface area contributed by atoms with Gasteiger partial charge in [-0.1, -0.05) is 19.3 Å². The van der Waals surface area contributed by atoms with Crippen molar-refractivity contribution < 1.29 is 4.74 Å². The van der Waals surface area contributed by atoms with Crippen molar-refractivity contribution >= 4 is 11.3 Å². The van der Waals surface area contributed by atoms with Gasteiger partial charge >= 0.3 is 0 Å². The molecule has 0 amide bonds.